The van der Waals surface area contributed by atoms with Crippen molar-refractivity contribution >= 4 is 0 Å². The fraction of sp³-hybridized carbons (Fsp3) is 0.333. The Bertz CT molecular complexity index is 261. The zero-order chi connectivity index (χ0) is 7.84. The van der Waals surface area contributed by atoms with Crippen molar-refractivity contribution < 1.29 is 0 Å². The molecule has 1 aliphatic heterocycles. The third-order valence-electron chi connectivity index (χ3n) is 2.13. The van der Waals surface area contributed by atoms with E-state index in [1.165, 1.54) is 5.70 Å². The minimum atomic E-state index is 0.447. The molecule has 0 saturated carbocycles. The van der Waals surface area contributed by atoms with Gasteiger partial charge in [0.1, 0.15) is 0 Å². The van der Waals surface area contributed by atoms with Crippen molar-refractivity contribution in [1.82, 2.24) is 5.32 Å². The zero-order valence-corrected chi connectivity index (χ0v) is 6.54. The number of hydrogen-bond donors (Lipinski definition) is 2. The number of allylic oxidation sites excluding steroid dienone is 2. The third kappa shape index (κ3) is 1.04. The molecule has 58 valence electrons. The first-order valence-electron chi connectivity index (χ1n) is 3.86. The topological polar surface area (TPSA) is 38.0 Å². The average molecular weight is 148 g/mol. The summed E-state index contributed by atoms with van der Waals surface area (Å²) in [4.78, 5) is 0. The summed E-state index contributed by atoms with van der Waals surface area (Å²) >= 11 is 0. The van der Waals surface area contributed by atoms with Crippen molar-refractivity contribution in [2.75, 3.05) is 0 Å². The molecule has 2 nitrogen and oxygen atoms in total. The maximum atomic E-state index is 5.65. The molecule has 2 rings (SSSR count). The molecule has 0 saturated heterocycles. The van der Waals surface area contributed by atoms with E-state index in [1.54, 1.807) is 0 Å². The largest absolute Gasteiger partial charge is 0.399 e. The van der Waals surface area contributed by atoms with Crippen molar-refractivity contribution in [3.8, 4) is 0 Å². The van der Waals surface area contributed by atoms with Crippen LogP contribution in [0.2, 0.25) is 0 Å². The first-order chi connectivity index (χ1) is 5.25. The number of rotatable bonds is 0. The van der Waals surface area contributed by atoms with Gasteiger partial charge in [0.05, 0.1) is 6.04 Å². The first-order valence-corrected chi connectivity index (χ1v) is 3.86. The first kappa shape index (κ1) is 6.53. The molecule has 2 unspecified atom stereocenters. The SMILES string of the molecule is CC1=CC2C=C(N)C=CC2N1. The number of hydrogen-bond acceptors (Lipinski definition) is 2. The fourth-order valence-electron chi connectivity index (χ4n) is 1.62. The minimum Gasteiger partial charge on any atom is -0.399 e. The monoisotopic (exact) mass is 148 g/mol. The molecule has 3 N–H and O–H groups in total. The van der Waals surface area contributed by atoms with E-state index in [4.69, 9.17) is 5.73 Å². The highest BCUT2D eigenvalue weighted by Gasteiger charge is 2.22. The maximum absolute atomic E-state index is 5.65. The third-order valence-corrected chi connectivity index (χ3v) is 2.13. The highest BCUT2D eigenvalue weighted by Crippen LogP contribution is 2.23. The Morgan fingerprint density at radius 3 is 3.09 bits per heavy atom. The second-order valence-electron chi connectivity index (χ2n) is 3.12. The smallest absolute Gasteiger partial charge is 0.0544 e. The Labute approximate surface area is 66.5 Å². The maximum Gasteiger partial charge on any atom is 0.0544 e. The summed E-state index contributed by atoms with van der Waals surface area (Å²) in [6, 6.07) is 0.447. The summed E-state index contributed by atoms with van der Waals surface area (Å²) in [5.74, 6) is 0.472. The Kier molecular flexibility index (Phi) is 1.28. The van der Waals surface area contributed by atoms with E-state index in [2.05, 4.69) is 30.5 Å². The predicted octanol–water partition coefficient (Wildman–Crippen LogP) is 0.891. The van der Waals surface area contributed by atoms with Crippen molar-refractivity contribution in [2.24, 2.45) is 11.7 Å². The van der Waals surface area contributed by atoms with Gasteiger partial charge >= 0.3 is 0 Å². The van der Waals surface area contributed by atoms with Crippen molar-refractivity contribution in [3.05, 3.63) is 35.7 Å². The van der Waals surface area contributed by atoms with E-state index in [9.17, 15) is 0 Å². The minimum absolute atomic E-state index is 0.447. The summed E-state index contributed by atoms with van der Waals surface area (Å²) in [7, 11) is 0. The van der Waals surface area contributed by atoms with Gasteiger partial charge in [0.15, 0.2) is 0 Å². The highest BCUT2D eigenvalue weighted by molar-refractivity contribution is 5.32. The summed E-state index contributed by atoms with van der Waals surface area (Å²) in [6.45, 7) is 2.08. The van der Waals surface area contributed by atoms with Crippen LogP contribution in [0.3, 0.4) is 0 Å². The quantitative estimate of drug-likeness (QED) is 0.535. The molecule has 2 atom stereocenters. The molecule has 2 aliphatic rings. The van der Waals surface area contributed by atoms with Crippen LogP contribution in [-0.2, 0) is 0 Å². The van der Waals surface area contributed by atoms with Crippen LogP contribution < -0.4 is 11.1 Å². The van der Waals surface area contributed by atoms with E-state index < -0.39 is 0 Å². The van der Waals surface area contributed by atoms with E-state index in [1.807, 2.05) is 6.08 Å². The molecule has 1 heterocycles. The molecule has 0 aromatic carbocycles. The van der Waals surface area contributed by atoms with Gasteiger partial charge in [-0.3, -0.25) is 0 Å². The van der Waals surface area contributed by atoms with E-state index in [-0.39, 0.29) is 0 Å². The van der Waals surface area contributed by atoms with Crippen molar-refractivity contribution in [2.45, 2.75) is 13.0 Å². The van der Waals surface area contributed by atoms with Crippen molar-refractivity contribution in [1.29, 1.82) is 0 Å². The molecule has 0 bridgehead atoms. The number of nitrogens with one attached hydrogen (secondary N) is 1. The van der Waals surface area contributed by atoms with Gasteiger partial charge in [-0.15, -0.1) is 0 Å². The second kappa shape index (κ2) is 2.16. The lowest BCUT2D eigenvalue weighted by Gasteiger charge is -2.17. The highest BCUT2D eigenvalue weighted by atomic mass is 14.9. The Balaban J connectivity index is 2.26. The van der Waals surface area contributed by atoms with Gasteiger partial charge in [0.2, 0.25) is 0 Å². The summed E-state index contributed by atoms with van der Waals surface area (Å²) in [6.07, 6.45) is 8.38. The molecule has 0 fully saturated rings. The Morgan fingerprint density at radius 2 is 2.27 bits per heavy atom. The standard InChI is InChI=1S/C9H12N2/c1-6-4-7-5-8(10)2-3-9(7)11-6/h2-5,7,9,11H,10H2,1H3. The van der Waals surface area contributed by atoms with E-state index >= 15 is 0 Å². The van der Waals surface area contributed by atoms with E-state index in [0.29, 0.717) is 12.0 Å². The van der Waals surface area contributed by atoms with Crippen LogP contribution >= 0.6 is 0 Å². The van der Waals surface area contributed by atoms with Gasteiger partial charge in [-0.2, -0.15) is 0 Å². The Hall–Kier alpha value is -1.18. The molecule has 2 heteroatoms. The molecular weight excluding hydrogens is 136 g/mol. The van der Waals surface area contributed by atoms with Crippen LogP contribution in [0.5, 0.6) is 0 Å². The van der Waals surface area contributed by atoms with Gasteiger partial charge in [-0.1, -0.05) is 18.2 Å². The lowest BCUT2D eigenvalue weighted by atomic mass is 9.96. The molecule has 0 aromatic heterocycles. The zero-order valence-electron chi connectivity index (χ0n) is 6.54. The molecule has 0 radical (unpaired) electrons. The molecular formula is C9H12N2. The normalized spacial score (nSPS) is 33.9. The molecule has 11 heavy (non-hydrogen) atoms. The molecule has 0 aromatic rings. The van der Waals surface area contributed by atoms with Gasteiger partial charge in [-0.05, 0) is 13.0 Å². The van der Waals surface area contributed by atoms with Crippen LogP contribution in [0.1, 0.15) is 6.92 Å². The summed E-state index contributed by atoms with van der Waals surface area (Å²) in [5, 5.41) is 3.35. The van der Waals surface area contributed by atoms with Crippen LogP contribution in [0, 0.1) is 5.92 Å². The average Bonchev–Trinajstić information content (AvgIpc) is 2.27. The van der Waals surface area contributed by atoms with Gasteiger partial charge in [0, 0.05) is 17.3 Å². The second-order valence-corrected chi connectivity index (χ2v) is 3.12. The van der Waals surface area contributed by atoms with Gasteiger partial charge in [0.25, 0.3) is 0 Å². The van der Waals surface area contributed by atoms with E-state index in [0.717, 1.165) is 5.70 Å². The molecule has 0 spiro atoms. The van der Waals surface area contributed by atoms with Crippen LogP contribution in [-0.4, -0.2) is 6.04 Å². The van der Waals surface area contributed by atoms with Crippen LogP contribution in [0.4, 0.5) is 0 Å². The van der Waals surface area contributed by atoms with Crippen molar-refractivity contribution in [3.63, 3.8) is 0 Å². The predicted molar refractivity (Wildman–Crippen MR) is 45.6 cm³/mol. The summed E-state index contributed by atoms with van der Waals surface area (Å²) in [5.41, 5.74) is 7.77. The summed E-state index contributed by atoms with van der Waals surface area (Å²) < 4.78 is 0. The van der Waals surface area contributed by atoms with Gasteiger partial charge < -0.3 is 11.1 Å². The molecule has 1 aliphatic carbocycles. The van der Waals surface area contributed by atoms with Crippen LogP contribution in [0.15, 0.2) is 35.7 Å². The Morgan fingerprint density at radius 1 is 1.45 bits per heavy atom. The fourth-order valence-corrected chi connectivity index (χ4v) is 1.62. The lowest BCUT2D eigenvalue weighted by Crippen LogP contribution is -2.27. The lowest BCUT2D eigenvalue weighted by molar-refractivity contribution is 0.633. The number of fused-ring (bicyclic) bond motifs is 1. The molecule has 0 amide bonds. The van der Waals surface area contributed by atoms with Gasteiger partial charge in [-0.25, -0.2) is 0 Å². The van der Waals surface area contributed by atoms with Crippen LogP contribution in [0.25, 0.3) is 0 Å². The number of nitrogens with two attached hydrogens (primary N) is 1.